The molecule has 4 nitrogen and oxygen atoms in total. The Balaban J connectivity index is 2.33. The molecule has 0 saturated carbocycles. The highest BCUT2D eigenvalue weighted by Crippen LogP contribution is 2.37. The molecule has 0 aromatic heterocycles. The maximum atomic E-state index is 12.5. The minimum Gasteiger partial charge on any atom is -0.487 e. The number of amides is 1. The molecule has 0 unspecified atom stereocenters. The minimum atomic E-state index is -0.0334. The van der Waals surface area contributed by atoms with Gasteiger partial charge in [0.1, 0.15) is 6.61 Å². The molecule has 1 aliphatic rings. The third-order valence-electron chi connectivity index (χ3n) is 3.16. The summed E-state index contributed by atoms with van der Waals surface area (Å²) in [5.74, 6) is 0.529. The van der Waals surface area contributed by atoms with Crippen molar-refractivity contribution in [2.24, 2.45) is 4.99 Å². The second kappa shape index (κ2) is 8.74. The van der Waals surface area contributed by atoms with E-state index in [1.165, 1.54) is 11.8 Å². The summed E-state index contributed by atoms with van der Waals surface area (Å²) < 4.78 is 6.26. The van der Waals surface area contributed by atoms with Gasteiger partial charge in [-0.3, -0.25) is 14.7 Å². The molecule has 0 aliphatic carbocycles. The Morgan fingerprint density at radius 3 is 2.79 bits per heavy atom. The van der Waals surface area contributed by atoms with Crippen LogP contribution in [0.1, 0.15) is 19.4 Å². The van der Waals surface area contributed by atoms with Crippen molar-refractivity contribution in [2.45, 2.75) is 13.8 Å². The normalized spacial score (nSPS) is 17.8. The first-order chi connectivity index (χ1) is 11.5. The van der Waals surface area contributed by atoms with Crippen LogP contribution in [0.5, 0.6) is 5.75 Å². The van der Waals surface area contributed by atoms with E-state index in [-0.39, 0.29) is 5.91 Å². The molecule has 1 aromatic rings. The highest BCUT2D eigenvalue weighted by molar-refractivity contribution is 9.10. The molecule has 0 atom stereocenters. The molecule has 1 amide bonds. The second-order valence-electron chi connectivity index (χ2n) is 4.83. The maximum absolute atomic E-state index is 12.5. The second-order valence-corrected chi connectivity index (χ2v) is 7.10. The zero-order valence-electron chi connectivity index (χ0n) is 13.5. The highest BCUT2D eigenvalue weighted by atomic mass is 79.9. The zero-order chi connectivity index (χ0) is 17.7. The Morgan fingerprint density at radius 1 is 1.46 bits per heavy atom. The van der Waals surface area contributed by atoms with E-state index in [4.69, 9.17) is 16.3 Å². The van der Waals surface area contributed by atoms with Crippen molar-refractivity contribution >= 4 is 56.4 Å². The summed E-state index contributed by atoms with van der Waals surface area (Å²) in [5.41, 5.74) is 0.822. The standard InChI is InChI=1S/C17H18BrClN2O2S/c1-4-7-23-15-12(18)8-11(9-13(15)19)10-14-16(22)21(6-3)17(24-14)20-5-2/h4,8-10H,1,5-7H2,2-3H3/b14-10-,20-17?. The number of aliphatic imine (C=N–C) groups is 1. The Hall–Kier alpha value is -1.24. The fourth-order valence-corrected chi connectivity index (χ4v) is 4.23. The number of benzene rings is 1. The number of rotatable bonds is 6. The van der Waals surface area contributed by atoms with Crippen molar-refractivity contribution in [1.82, 2.24) is 4.90 Å². The first-order valence-corrected chi connectivity index (χ1v) is 9.49. The van der Waals surface area contributed by atoms with Gasteiger partial charge in [0.25, 0.3) is 5.91 Å². The molecular weight excluding hydrogens is 412 g/mol. The summed E-state index contributed by atoms with van der Waals surface area (Å²) >= 11 is 11.1. The van der Waals surface area contributed by atoms with Crippen LogP contribution in [0.3, 0.4) is 0 Å². The predicted molar refractivity (Wildman–Crippen MR) is 106 cm³/mol. The molecule has 0 bridgehead atoms. The average molecular weight is 430 g/mol. The molecular formula is C17H18BrClN2O2S. The Morgan fingerprint density at radius 2 is 2.21 bits per heavy atom. The summed E-state index contributed by atoms with van der Waals surface area (Å²) in [7, 11) is 0. The van der Waals surface area contributed by atoms with E-state index in [9.17, 15) is 4.79 Å². The van der Waals surface area contributed by atoms with Gasteiger partial charge in [0, 0.05) is 13.1 Å². The van der Waals surface area contributed by atoms with Gasteiger partial charge in [-0.2, -0.15) is 0 Å². The van der Waals surface area contributed by atoms with Crippen molar-refractivity contribution in [3.05, 3.63) is 44.8 Å². The van der Waals surface area contributed by atoms with Gasteiger partial charge in [0.05, 0.1) is 14.4 Å². The van der Waals surface area contributed by atoms with E-state index in [2.05, 4.69) is 27.5 Å². The fourth-order valence-electron chi connectivity index (χ4n) is 2.13. The minimum absolute atomic E-state index is 0.0334. The van der Waals surface area contributed by atoms with E-state index in [1.807, 2.05) is 26.0 Å². The number of amidine groups is 1. The lowest BCUT2D eigenvalue weighted by Crippen LogP contribution is -2.28. The van der Waals surface area contributed by atoms with Crippen LogP contribution in [-0.2, 0) is 4.79 Å². The van der Waals surface area contributed by atoms with Crippen LogP contribution >= 0.6 is 39.3 Å². The van der Waals surface area contributed by atoms with Gasteiger partial charge < -0.3 is 4.74 Å². The summed E-state index contributed by atoms with van der Waals surface area (Å²) in [4.78, 5) is 19.2. The molecule has 24 heavy (non-hydrogen) atoms. The van der Waals surface area contributed by atoms with E-state index in [1.54, 1.807) is 17.0 Å². The summed E-state index contributed by atoms with van der Waals surface area (Å²) in [6.07, 6.45) is 3.47. The number of carbonyl (C=O) groups is 1. The third-order valence-corrected chi connectivity index (χ3v) is 5.08. The molecule has 1 saturated heterocycles. The lowest BCUT2D eigenvalue weighted by molar-refractivity contribution is -0.122. The smallest absolute Gasteiger partial charge is 0.266 e. The molecule has 0 spiro atoms. The number of nitrogens with zero attached hydrogens (tertiary/aromatic N) is 2. The first-order valence-electron chi connectivity index (χ1n) is 7.50. The number of carbonyl (C=O) groups excluding carboxylic acids is 1. The quantitative estimate of drug-likeness (QED) is 0.473. The Labute approximate surface area is 159 Å². The van der Waals surface area contributed by atoms with Gasteiger partial charge in [0.15, 0.2) is 10.9 Å². The first kappa shape index (κ1) is 19.1. The largest absolute Gasteiger partial charge is 0.487 e. The summed E-state index contributed by atoms with van der Waals surface area (Å²) in [6.45, 7) is 9.12. The van der Waals surface area contributed by atoms with Gasteiger partial charge in [-0.05, 0) is 65.3 Å². The van der Waals surface area contributed by atoms with E-state index >= 15 is 0 Å². The number of hydrogen-bond donors (Lipinski definition) is 0. The molecule has 1 heterocycles. The van der Waals surface area contributed by atoms with Crippen LogP contribution < -0.4 is 4.74 Å². The molecule has 1 fully saturated rings. The van der Waals surface area contributed by atoms with Gasteiger partial charge in [-0.15, -0.1) is 0 Å². The monoisotopic (exact) mass is 428 g/mol. The number of halogens is 2. The van der Waals surface area contributed by atoms with Crippen LogP contribution in [0.15, 0.2) is 39.2 Å². The summed E-state index contributed by atoms with van der Waals surface area (Å²) in [5, 5.41) is 1.22. The topological polar surface area (TPSA) is 41.9 Å². The van der Waals surface area contributed by atoms with Crippen LogP contribution in [0.25, 0.3) is 6.08 Å². The van der Waals surface area contributed by atoms with Gasteiger partial charge in [-0.25, -0.2) is 0 Å². The van der Waals surface area contributed by atoms with Crippen molar-refractivity contribution in [3.8, 4) is 5.75 Å². The van der Waals surface area contributed by atoms with Crippen LogP contribution in [0.2, 0.25) is 5.02 Å². The van der Waals surface area contributed by atoms with Gasteiger partial charge >= 0.3 is 0 Å². The SMILES string of the molecule is C=CCOc1c(Cl)cc(/C=C2\SC(=NCC)N(CC)C2=O)cc1Br. The maximum Gasteiger partial charge on any atom is 0.266 e. The molecule has 128 valence electrons. The molecule has 0 radical (unpaired) electrons. The Kier molecular flexibility index (Phi) is 6.95. The fraction of sp³-hybridized carbons (Fsp3) is 0.294. The van der Waals surface area contributed by atoms with Crippen LogP contribution in [0.4, 0.5) is 0 Å². The predicted octanol–water partition coefficient (Wildman–Crippen LogP) is 4.98. The molecule has 7 heteroatoms. The zero-order valence-corrected chi connectivity index (χ0v) is 16.7. The number of thioether (sulfide) groups is 1. The van der Waals surface area contributed by atoms with E-state index in [0.29, 0.717) is 35.4 Å². The van der Waals surface area contributed by atoms with Crippen molar-refractivity contribution < 1.29 is 9.53 Å². The highest BCUT2D eigenvalue weighted by Gasteiger charge is 2.31. The lowest BCUT2D eigenvalue weighted by Gasteiger charge is -2.11. The van der Waals surface area contributed by atoms with Gasteiger partial charge in [0.2, 0.25) is 0 Å². The summed E-state index contributed by atoms with van der Waals surface area (Å²) in [6, 6.07) is 3.65. The molecule has 1 aliphatic heterocycles. The van der Waals surface area contributed by atoms with Crippen LogP contribution in [0, 0.1) is 0 Å². The van der Waals surface area contributed by atoms with Crippen molar-refractivity contribution in [3.63, 3.8) is 0 Å². The van der Waals surface area contributed by atoms with Crippen molar-refractivity contribution in [1.29, 1.82) is 0 Å². The van der Waals surface area contributed by atoms with E-state index < -0.39 is 0 Å². The number of likely N-dealkylation sites (N-methyl/N-ethyl adjacent to an activating group) is 1. The number of ether oxygens (including phenoxy) is 1. The van der Waals surface area contributed by atoms with Crippen molar-refractivity contribution in [2.75, 3.05) is 19.7 Å². The molecule has 1 aromatic carbocycles. The lowest BCUT2D eigenvalue weighted by atomic mass is 10.2. The van der Waals surface area contributed by atoms with Crippen LogP contribution in [-0.4, -0.2) is 35.7 Å². The third kappa shape index (κ3) is 4.23. The van der Waals surface area contributed by atoms with Gasteiger partial charge in [-0.1, -0.05) is 24.3 Å². The van der Waals surface area contributed by atoms with E-state index in [0.717, 1.165) is 15.2 Å². The molecule has 0 N–H and O–H groups in total. The average Bonchev–Trinajstić information content (AvgIpc) is 2.82. The Bertz CT molecular complexity index is 696. The molecule has 2 rings (SSSR count). The number of hydrogen-bond acceptors (Lipinski definition) is 4.